The number of halogens is 2. The summed E-state index contributed by atoms with van der Waals surface area (Å²) in [7, 11) is 0. The average Bonchev–Trinajstić information content (AvgIpc) is 3.36. The molecule has 0 saturated heterocycles. The summed E-state index contributed by atoms with van der Waals surface area (Å²) in [6, 6.07) is 4.25. The van der Waals surface area contributed by atoms with Gasteiger partial charge in [-0.25, -0.2) is 18.7 Å². The summed E-state index contributed by atoms with van der Waals surface area (Å²) in [6.45, 7) is 0. The molecular weight excluding hydrogens is 360 g/mol. The standard InChI is InChI=1S/C17H13F2N5OS/c18-15(19)11-4-3-10(6-21-11)22-17(25)13-5-12(9-1-2-9)23-16(24-13)14-7-20-8-26-14/h3-9,15H,1-2H2,(H,22,25). The molecule has 0 atom stereocenters. The number of rotatable bonds is 5. The van der Waals surface area contributed by atoms with E-state index in [4.69, 9.17) is 0 Å². The first-order valence-corrected chi connectivity index (χ1v) is 8.81. The lowest BCUT2D eigenvalue weighted by Gasteiger charge is -2.08. The van der Waals surface area contributed by atoms with Gasteiger partial charge in [-0.3, -0.25) is 14.8 Å². The molecule has 4 rings (SSSR count). The van der Waals surface area contributed by atoms with Crippen molar-refractivity contribution in [2.75, 3.05) is 5.32 Å². The van der Waals surface area contributed by atoms with E-state index in [1.54, 1.807) is 17.8 Å². The molecule has 3 aromatic rings. The van der Waals surface area contributed by atoms with Gasteiger partial charge in [0.15, 0.2) is 5.82 Å². The molecule has 0 radical (unpaired) electrons. The summed E-state index contributed by atoms with van der Waals surface area (Å²) >= 11 is 1.40. The van der Waals surface area contributed by atoms with Gasteiger partial charge in [-0.05, 0) is 31.0 Å². The SMILES string of the molecule is O=C(Nc1ccc(C(F)F)nc1)c1cc(C2CC2)nc(-c2cncs2)n1. The third kappa shape index (κ3) is 3.57. The lowest BCUT2D eigenvalue weighted by atomic mass is 10.2. The van der Waals surface area contributed by atoms with Crippen molar-refractivity contribution in [2.24, 2.45) is 0 Å². The molecule has 9 heteroatoms. The summed E-state index contributed by atoms with van der Waals surface area (Å²) in [6.07, 6.45) is 2.29. The summed E-state index contributed by atoms with van der Waals surface area (Å²) in [5.74, 6) is 0.378. The van der Waals surface area contributed by atoms with Gasteiger partial charge in [0.1, 0.15) is 11.4 Å². The Kier molecular flexibility index (Phi) is 4.37. The van der Waals surface area contributed by atoms with Crippen LogP contribution in [0.1, 0.15) is 47.1 Å². The number of nitrogens with zero attached hydrogens (tertiary/aromatic N) is 4. The number of carbonyl (C=O) groups is 1. The molecule has 3 aromatic heterocycles. The lowest BCUT2D eigenvalue weighted by molar-refractivity contribution is 0.102. The van der Waals surface area contributed by atoms with Gasteiger partial charge in [0, 0.05) is 17.8 Å². The monoisotopic (exact) mass is 373 g/mol. The van der Waals surface area contributed by atoms with Gasteiger partial charge in [0.2, 0.25) is 0 Å². The Hall–Kier alpha value is -2.81. The Morgan fingerprint density at radius 2 is 2.08 bits per heavy atom. The molecule has 26 heavy (non-hydrogen) atoms. The van der Waals surface area contributed by atoms with E-state index in [0.717, 1.165) is 23.4 Å². The molecule has 0 bridgehead atoms. The van der Waals surface area contributed by atoms with E-state index < -0.39 is 12.3 Å². The van der Waals surface area contributed by atoms with Crippen molar-refractivity contribution in [3.05, 3.63) is 53.2 Å². The topological polar surface area (TPSA) is 80.7 Å². The number of anilines is 1. The van der Waals surface area contributed by atoms with Crippen LogP contribution >= 0.6 is 11.3 Å². The summed E-state index contributed by atoms with van der Waals surface area (Å²) in [4.78, 5) is 29.9. The first-order valence-electron chi connectivity index (χ1n) is 7.93. The van der Waals surface area contributed by atoms with Crippen molar-refractivity contribution in [3.63, 3.8) is 0 Å². The van der Waals surface area contributed by atoms with Gasteiger partial charge in [-0.15, -0.1) is 11.3 Å². The van der Waals surface area contributed by atoms with Crippen LogP contribution in [0.4, 0.5) is 14.5 Å². The largest absolute Gasteiger partial charge is 0.319 e. The minimum atomic E-state index is -2.65. The molecular formula is C17H13F2N5OS. The average molecular weight is 373 g/mol. The van der Waals surface area contributed by atoms with Crippen LogP contribution in [0.3, 0.4) is 0 Å². The fourth-order valence-electron chi connectivity index (χ4n) is 2.41. The highest BCUT2D eigenvalue weighted by Crippen LogP contribution is 2.39. The van der Waals surface area contributed by atoms with Crippen LogP contribution in [-0.2, 0) is 0 Å². The van der Waals surface area contributed by atoms with E-state index in [2.05, 4.69) is 25.3 Å². The van der Waals surface area contributed by atoms with Crippen LogP contribution in [0.15, 0.2) is 36.1 Å². The van der Waals surface area contributed by atoms with Crippen LogP contribution in [0, 0.1) is 0 Å². The van der Waals surface area contributed by atoms with E-state index in [-0.39, 0.29) is 11.4 Å². The van der Waals surface area contributed by atoms with Gasteiger partial charge in [-0.2, -0.15) is 0 Å². The molecule has 132 valence electrons. The quantitative estimate of drug-likeness (QED) is 0.729. The number of amides is 1. The van der Waals surface area contributed by atoms with Crippen molar-refractivity contribution in [1.29, 1.82) is 0 Å². The van der Waals surface area contributed by atoms with Crippen molar-refractivity contribution in [3.8, 4) is 10.7 Å². The molecule has 1 aliphatic carbocycles. The first kappa shape index (κ1) is 16.6. The highest BCUT2D eigenvalue weighted by Gasteiger charge is 2.27. The normalized spacial score (nSPS) is 13.8. The highest BCUT2D eigenvalue weighted by atomic mass is 32.1. The fraction of sp³-hybridized carbons (Fsp3) is 0.235. The Morgan fingerprint density at radius 1 is 1.23 bits per heavy atom. The van der Waals surface area contributed by atoms with Crippen molar-refractivity contribution >= 4 is 22.9 Å². The van der Waals surface area contributed by atoms with E-state index in [0.29, 0.717) is 17.4 Å². The second-order valence-corrected chi connectivity index (χ2v) is 6.75. The number of pyridine rings is 1. The smallest absolute Gasteiger partial charge is 0.280 e. The molecule has 3 heterocycles. The third-order valence-corrected chi connectivity index (χ3v) is 4.66. The molecule has 0 spiro atoms. The van der Waals surface area contributed by atoms with Crippen molar-refractivity contribution in [2.45, 2.75) is 25.2 Å². The molecule has 0 aliphatic heterocycles. The van der Waals surface area contributed by atoms with Crippen LogP contribution < -0.4 is 5.32 Å². The molecule has 1 N–H and O–H groups in total. The maximum Gasteiger partial charge on any atom is 0.280 e. The maximum absolute atomic E-state index is 12.6. The molecule has 1 fully saturated rings. The van der Waals surface area contributed by atoms with E-state index in [1.807, 2.05) is 0 Å². The minimum Gasteiger partial charge on any atom is -0.319 e. The second-order valence-electron chi connectivity index (χ2n) is 5.87. The number of aromatic nitrogens is 4. The zero-order valence-corrected chi connectivity index (χ0v) is 14.2. The minimum absolute atomic E-state index is 0.225. The van der Waals surface area contributed by atoms with Crippen molar-refractivity contribution in [1.82, 2.24) is 19.9 Å². The first-order chi connectivity index (χ1) is 12.6. The zero-order valence-electron chi connectivity index (χ0n) is 13.4. The van der Waals surface area contributed by atoms with Crippen LogP contribution in [0.2, 0.25) is 0 Å². The van der Waals surface area contributed by atoms with Crippen LogP contribution in [0.5, 0.6) is 0 Å². The summed E-state index contributed by atoms with van der Waals surface area (Å²) < 4.78 is 25.1. The molecule has 0 unspecified atom stereocenters. The van der Waals surface area contributed by atoms with Gasteiger partial charge < -0.3 is 5.32 Å². The van der Waals surface area contributed by atoms with Gasteiger partial charge in [0.05, 0.1) is 22.3 Å². The van der Waals surface area contributed by atoms with Gasteiger partial charge in [-0.1, -0.05) is 0 Å². The number of nitrogens with one attached hydrogen (secondary N) is 1. The predicted molar refractivity (Wildman–Crippen MR) is 92.3 cm³/mol. The third-order valence-electron chi connectivity index (χ3n) is 3.89. The van der Waals surface area contributed by atoms with Crippen LogP contribution in [0.25, 0.3) is 10.7 Å². The Balaban J connectivity index is 1.60. The van der Waals surface area contributed by atoms with Crippen LogP contribution in [-0.4, -0.2) is 25.8 Å². The summed E-state index contributed by atoms with van der Waals surface area (Å²) in [5, 5.41) is 2.63. The number of carbonyl (C=O) groups excluding carboxylic acids is 1. The molecule has 1 amide bonds. The number of hydrogen-bond donors (Lipinski definition) is 1. The number of alkyl halides is 2. The van der Waals surface area contributed by atoms with Gasteiger partial charge in [0.25, 0.3) is 12.3 Å². The van der Waals surface area contributed by atoms with E-state index >= 15 is 0 Å². The lowest BCUT2D eigenvalue weighted by Crippen LogP contribution is -2.15. The van der Waals surface area contributed by atoms with E-state index in [1.165, 1.54) is 29.7 Å². The van der Waals surface area contributed by atoms with Gasteiger partial charge >= 0.3 is 0 Å². The Bertz CT molecular complexity index is 927. The Morgan fingerprint density at radius 3 is 2.69 bits per heavy atom. The molecule has 6 nitrogen and oxygen atoms in total. The summed E-state index contributed by atoms with van der Waals surface area (Å²) in [5.41, 5.74) is 2.72. The van der Waals surface area contributed by atoms with E-state index in [9.17, 15) is 13.6 Å². The zero-order chi connectivity index (χ0) is 18.1. The number of thiazole rings is 1. The fourth-order valence-corrected chi connectivity index (χ4v) is 2.96. The second kappa shape index (κ2) is 6.83. The Labute approximate surface area is 151 Å². The highest BCUT2D eigenvalue weighted by molar-refractivity contribution is 7.13. The molecule has 1 saturated carbocycles. The predicted octanol–water partition coefficient (Wildman–Crippen LogP) is 4.06. The van der Waals surface area contributed by atoms with Crippen molar-refractivity contribution < 1.29 is 13.6 Å². The molecule has 1 aliphatic rings. The number of hydrogen-bond acceptors (Lipinski definition) is 6. The maximum atomic E-state index is 12.6. The molecule has 0 aromatic carbocycles.